The highest BCUT2D eigenvalue weighted by Crippen LogP contribution is 2.29. The Morgan fingerprint density at radius 2 is 1.76 bits per heavy atom. The van der Waals surface area contributed by atoms with Crippen molar-refractivity contribution < 1.29 is 19.1 Å². The van der Waals surface area contributed by atoms with Gasteiger partial charge in [-0.25, -0.2) is 0 Å². The summed E-state index contributed by atoms with van der Waals surface area (Å²) in [4.78, 5) is 26.9. The first-order valence-electron chi connectivity index (χ1n) is 11.0. The average Bonchev–Trinajstić information content (AvgIpc) is 2.75. The molecule has 1 aromatic carbocycles. The minimum Gasteiger partial charge on any atom is -0.490 e. The molecule has 0 radical (unpaired) electrons. The summed E-state index contributed by atoms with van der Waals surface area (Å²) in [5.74, 6) is 1.67. The van der Waals surface area contributed by atoms with Crippen molar-refractivity contribution in [2.45, 2.75) is 64.8 Å². The van der Waals surface area contributed by atoms with Crippen molar-refractivity contribution in [2.75, 3.05) is 26.3 Å². The first-order chi connectivity index (χ1) is 14.1. The zero-order valence-electron chi connectivity index (χ0n) is 17.7. The number of hydrogen-bond acceptors (Lipinski definition) is 4. The molecule has 1 N–H and O–H groups in total. The van der Waals surface area contributed by atoms with E-state index in [1.165, 1.54) is 6.42 Å². The second-order valence-electron chi connectivity index (χ2n) is 8.25. The van der Waals surface area contributed by atoms with Crippen LogP contribution in [0.5, 0.6) is 11.5 Å². The summed E-state index contributed by atoms with van der Waals surface area (Å²) in [5.41, 5.74) is 0.557. The molecule has 1 heterocycles. The van der Waals surface area contributed by atoms with Crippen LogP contribution < -0.4 is 14.8 Å². The number of ether oxygens (including phenoxy) is 2. The molecule has 2 amide bonds. The van der Waals surface area contributed by atoms with Crippen LogP contribution in [0, 0.1) is 5.92 Å². The average molecular weight is 403 g/mol. The van der Waals surface area contributed by atoms with Crippen molar-refractivity contribution in [1.29, 1.82) is 0 Å². The number of hydrogen-bond donors (Lipinski definition) is 1. The molecular formula is C23H34N2O4. The Morgan fingerprint density at radius 3 is 2.45 bits per heavy atom. The van der Waals surface area contributed by atoms with E-state index in [0.717, 1.165) is 57.5 Å². The summed E-state index contributed by atoms with van der Waals surface area (Å²) in [7, 11) is 0. The molecule has 6 heteroatoms. The molecule has 1 aliphatic heterocycles. The van der Waals surface area contributed by atoms with Crippen molar-refractivity contribution in [3.63, 3.8) is 0 Å². The van der Waals surface area contributed by atoms with Crippen molar-refractivity contribution in [1.82, 2.24) is 10.2 Å². The minimum absolute atomic E-state index is 0.000458. The maximum Gasteiger partial charge on any atom is 0.260 e. The number of nitrogens with zero attached hydrogens (tertiary/aromatic N) is 1. The van der Waals surface area contributed by atoms with Gasteiger partial charge < -0.3 is 19.7 Å². The standard InChI is InChI=1S/C23H34N2O4/c1-3-28-21-15-18(23(27)24-19-10-7-17(2)8-11-19)9-12-20(21)29-16-22(26)25-13-5-4-6-14-25/h9,12,15,17,19H,3-8,10-11,13-14,16H2,1-2H3,(H,24,27). The number of rotatable bonds is 7. The maximum atomic E-state index is 12.7. The molecule has 0 atom stereocenters. The third-order valence-electron chi connectivity index (χ3n) is 5.92. The molecule has 29 heavy (non-hydrogen) atoms. The predicted octanol–water partition coefficient (Wildman–Crippen LogP) is 3.79. The lowest BCUT2D eigenvalue weighted by Gasteiger charge is -2.27. The fourth-order valence-corrected chi connectivity index (χ4v) is 4.08. The van der Waals surface area contributed by atoms with Gasteiger partial charge in [0.25, 0.3) is 11.8 Å². The van der Waals surface area contributed by atoms with Gasteiger partial charge in [0.2, 0.25) is 0 Å². The summed E-state index contributed by atoms with van der Waals surface area (Å²) in [6, 6.07) is 5.42. The Bertz CT molecular complexity index is 692. The van der Waals surface area contributed by atoms with Gasteiger partial charge >= 0.3 is 0 Å². The van der Waals surface area contributed by atoms with Gasteiger partial charge in [0.1, 0.15) is 0 Å². The molecule has 0 unspecified atom stereocenters. The number of carbonyl (C=O) groups excluding carboxylic acids is 2. The van der Waals surface area contributed by atoms with Gasteiger partial charge in [-0.2, -0.15) is 0 Å². The lowest BCUT2D eigenvalue weighted by Crippen LogP contribution is -2.38. The number of nitrogens with one attached hydrogen (secondary N) is 1. The number of benzene rings is 1. The fourth-order valence-electron chi connectivity index (χ4n) is 4.08. The van der Waals surface area contributed by atoms with Crippen LogP contribution >= 0.6 is 0 Å². The van der Waals surface area contributed by atoms with Crippen LogP contribution in [0.3, 0.4) is 0 Å². The fraction of sp³-hybridized carbons (Fsp3) is 0.652. The zero-order chi connectivity index (χ0) is 20.6. The Labute approximate surface area is 173 Å². The topological polar surface area (TPSA) is 67.9 Å². The van der Waals surface area contributed by atoms with Crippen LogP contribution in [0.4, 0.5) is 0 Å². The van der Waals surface area contributed by atoms with Gasteiger partial charge in [-0.15, -0.1) is 0 Å². The molecule has 2 fully saturated rings. The van der Waals surface area contributed by atoms with Gasteiger partial charge in [0, 0.05) is 24.7 Å². The molecule has 0 spiro atoms. The summed E-state index contributed by atoms with van der Waals surface area (Å²) >= 11 is 0. The minimum atomic E-state index is -0.0820. The molecule has 6 nitrogen and oxygen atoms in total. The lowest BCUT2D eigenvalue weighted by atomic mass is 9.87. The Morgan fingerprint density at radius 1 is 1.03 bits per heavy atom. The van der Waals surface area contributed by atoms with Gasteiger partial charge in [0.15, 0.2) is 18.1 Å². The lowest BCUT2D eigenvalue weighted by molar-refractivity contribution is -0.134. The van der Waals surface area contributed by atoms with Crippen molar-refractivity contribution in [3.8, 4) is 11.5 Å². The number of amides is 2. The number of likely N-dealkylation sites (tertiary alicyclic amines) is 1. The van der Waals surface area contributed by atoms with Crippen molar-refractivity contribution in [2.24, 2.45) is 5.92 Å². The molecule has 0 aromatic heterocycles. The van der Waals surface area contributed by atoms with E-state index in [9.17, 15) is 9.59 Å². The summed E-state index contributed by atoms with van der Waals surface area (Å²) in [5, 5.41) is 3.14. The summed E-state index contributed by atoms with van der Waals surface area (Å²) < 4.78 is 11.4. The third kappa shape index (κ3) is 6.12. The van der Waals surface area contributed by atoms with Crippen LogP contribution in [-0.2, 0) is 4.79 Å². The predicted molar refractivity (Wildman–Crippen MR) is 112 cm³/mol. The highest BCUT2D eigenvalue weighted by molar-refractivity contribution is 5.95. The van der Waals surface area contributed by atoms with E-state index < -0.39 is 0 Å². The van der Waals surface area contributed by atoms with E-state index >= 15 is 0 Å². The second-order valence-corrected chi connectivity index (χ2v) is 8.25. The first-order valence-corrected chi connectivity index (χ1v) is 11.0. The van der Waals surface area contributed by atoms with Gasteiger partial charge in [-0.1, -0.05) is 6.92 Å². The Hall–Kier alpha value is -2.24. The van der Waals surface area contributed by atoms with Gasteiger partial charge in [0.05, 0.1) is 6.61 Å². The largest absolute Gasteiger partial charge is 0.490 e. The highest BCUT2D eigenvalue weighted by Gasteiger charge is 2.22. The number of carbonyl (C=O) groups is 2. The van der Waals surface area contributed by atoms with E-state index in [4.69, 9.17) is 9.47 Å². The monoisotopic (exact) mass is 402 g/mol. The molecule has 1 saturated heterocycles. The molecule has 1 saturated carbocycles. The van der Waals surface area contributed by atoms with Crippen LogP contribution in [0.25, 0.3) is 0 Å². The quantitative estimate of drug-likeness (QED) is 0.754. The van der Waals surface area contributed by atoms with E-state index in [0.29, 0.717) is 23.7 Å². The molecule has 1 aromatic rings. The molecule has 2 aliphatic rings. The van der Waals surface area contributed by atoms with E-state index in [-0.39, 0.29) is 24.5 Å². The maximum absolute atomic E-state index is 12.7. The highest BCUT2D eigenvalue weighted by atomic mass is 16.5. The molecule has 3 rings (SSSR count). The first kappa shape index (κ1) is 21.5. The van der Waals surface area contributed by atoms with E-state index in [1.54, 1.807) is 18.2 Å². The zero-order valence-corrected chi connectivity index (χ0v) is 17.7. The van der Waals surface area contributed by atoms with Gasteiger partial charge in [-0.3, -0.25) is 9.59 Å². The molecule has 160 valence electrons. The van der Waals surface area contributed by atoms with Crippen LogP contribution in [0.1, 0.15) is 69.2 Å². The van der Waals surface area contributed by atoms with E-state index in [2.05, 4.69) is 12.2 Å². The van der Waals surface area contributed by atoms with Crippen LogP contribution in [0.15, 0.2) is 18.2 Å². The SMILES string of the molecule is CCOc1cc(C(=O)NC2CCC(C)CC2)ccc1OCC(=O)N1CCCCC1. The van der Waals surface area contributed by atoms with E-state index in [1.807, 2.05) is 11.8 Å². The van der Waals surface area contributed by atoms with Crippen LogP contribution in [-0.4, -0.2) is 49.1 Å². The third-order valence-corrected chi connectivity index (χ3v) is 5.92. The number of piperidine rings is 1. The molecule has 1 aliphatic carbocycles. The second kappa shape index (κ2) is 10.5. The van der Waals surface area contributed by atoms with Crippen molar-refractivity contribution in [3.05, 3.63) is 23.8 Å². The van der Waals surface area contributed by atoms with Crippen LogP contribution in [0.2, 0.25) is 0 Å². The smallest absolute Gasteiger partial charge is 0.260 e. The van der Waals surface area contributed by atoms with Gasteiger partial charge in [-0.05, 0) is 76.0 Å². The molecular weight excluding hydrogens is 368 g/mol. The Balaban J connectivity index is 1.60. The Kier molecular flexibility index (Phi) is 7.78. The van der Waals surface area contributed by atoms with Crippen molar-refractivity contribution >= 4 is 11.8 Å². The molecule has 0 bridgehead atoms. The normalized spacial score (nSPS) is 22.1. The summed E-state index contributed by atoms with van der Waals surface area (Å²) in [6.45, 7) is 6.22. The summed E-state index contributed by atoms with van der Waals surface area (Å²) in [6.07, 6.45) is 7.68.